The molecular weight excluding hydrogens is 479 g/mol. The first-order valence-corrected chi connectivity index (χ1v) is 11.4. The number of alkyl halides is 3. The smallest absolute Gasteiger partial charge is 0.382 e. The fourth-order valence-corrected chi connectivity index (χ4v) is 4.12. The number of hydrogen-bond acceptors (Lipinski definition) is 5. The number of thioether (sulfide) groups is 1. The third-order valence-electron chi connectivity index (χ3n) is 4.59. The first kappa shape index (κ1) is 25.1. The van der Waals surface area contributed by atoms with Crippen LogP contribution >= 0.6 is 23.4 Å². The molecule has 176 valence electrons. The van der Waals surface area contributed by atoms with Gasteiger partial charge in [0.15, 0.2) is 5.16 Å². The van der Waals surface area contributed by atoms with Crippen LogP contribution < -0.4 is 10.9 Å². The van der Waals surface area contributed by atoms with Crippen molar-refractivity contribution in [3.8, 4) is 0 Å². The van der Waals surface area contributed by atoms with Crippen LogP contribution in [0.3, 0.4) is 0 Å². The number of carbonyl (C=O) groups excluding carboxylic acids is 1. The summed E-state index contributed by atoms with van der Waals surface area (Å²) in [6.45, 7) is 3.26. The molecule has 1 amide bonds. The van der Waals surface area contributed by atoms with Crippen LogP contribution in [-0.2, 0) is 22.3 Å². The van der Waals surface area contributed by atoms with Gasteiger partial charge in [-0.15, -0.1) is 0 Å². The van der Waals surface area contributed by atoms with Crippen LogP contribution in [0.1, 0.15) is 18.9 Å². The van der Waals surface area contributed by atoms with E-state index in [4.69, 9.17) is 16.3 Å². The fraction of sp³-hybridized carbons (Fsp3) is 0.318. The molecule has 1 heterocycles. The van der Waals surface area contributed by atoms with Gasteiger partial charge in [-0.05, 0) is 43.7 Å². The van der Waals surface area contributed by atoms with Crippen molar-refractivity contribution in [3.63, 3.8) is 0 Å². The van der Waals surface area contributed by atoms with Crippen molar-refractivity contribution >= 4 is 45.9 Å². The van der Waals surface area contributed by atoms with Crippen LogP contribution in [0.2, 0.25) is 5.02 Å². The summed E-state index contributed by atoms with van der Waals surface area (Å²) in [7, 11) is 0. The Balaban J connectivity index is 1.77. The lowest BCUT2D eigenvalue weighted by Gasteiger charge is -2.14. The summed E-state index contributed by atoms with van der Waals surface area (Å²) in [5.41, 5.74) is -0.793. The summed E-state index contributed by atoms with van der Waals surface area (Å²) in [5, 5.41) is 2.78. The van der Waals surface area contributed by atoms with Gasteiger partial charge in [-0.25, -0.2) is 4.98 Å². The maximum Gasteiger partial charge on any atom is 0.417 e. The standard InChI is InChI=1S/C22H21ClF3N3O3S/c1-2-32-11-5-10-29-20(31)15-6-3-4-7-18(15)28-21(29)33-13-19(30)27-14-8-9-17(23)16(12-14)22(24,25)26/h3-4,6-9,12H,2,5,10-11,13H2,1H3,(H,27,30). The summed E-state index contributed by atoms with van der Waals surface area (Å²) in [6, 6.07) is 10.0. The molecule has 33 heavy (non-hydrogen) atoms. The highest BCUT2D eigenvalue weighted by Crippen LogP contribution is 2.36. The Bertz CT molecular complexity index is 1200. The molecule has 0 aliphatic rings. The summed E-state index contributed by atoms with van der Waals surface area (Å²) in [6.07, 6.45) is -4.06. The average molecular weight is 500 g/mol. The van der Waals surface area contributed by atoms with Crippen molar-refractivity contribution < 1.29 is 22.7 Å². The quantitative estimate of drug-likeness (QED) is 0.248. The van der Waals surface area contributed by atoms with Crippen molar-refractivity contribution in [2.24, 2.45) is 0 Å². The van der Waals surface area contributed by atoms with Gasteiger partial charge in [0.1, 0.15) is 0 Å². The molecule has 0 fully saturated rings. The minimum Gasteiger partial charge on any atom is -0.382 e. The molecule has 0 radical (unpaired) electrons. The largest absolute Gasteiger partial charge is 0.417 e. The van der Waals surface area contributed by atoms with E-state index in [2.05, 4.69) is 10.3 Å². The number of ether oxygens (including phenoxy) is 1. The van der Waals surface area contributed by atoms with Gasteiger partial charge in [0.05, 0.1) is 27.2 Å². The first-order valence-electron chi connectivity index (χ1n) is 10.1. The number of rotatable bonds is 9. The molecule has 0 saturated heterocycles. The highest BCUT2D eigenvalue weighted by molar-refractivity contribution is 7.99. The Hall–Kier alpha value is -2.56. The number of carbonyl (C=O) groups is 1. The van der Waals surface area contributed by atoms with Gasteiger partial charge in [-0.2, -0.15) is 13.2 Å². The monoisotopic (exact) mass is 499 g/mol. The predicted octanol–water partition coefficient (Wildman–Crippen LogP) is 5.23. The molecule has 0 spiro atoms. The molecule has 0 atom stereocenters. The Morgan fingerprint density at radius 2 is 2.00 bits per heavy atom. The number of nitrogens with zero attached hydrogens (tertiary/aromatic N) is 2. The SMILES string of the molecule is CCOCCCn1c(SCC(=O)Nc2ccc(Cl)c(C(F)(F)F)c2)nc2ccccc2c1=O. The number of anilines is 1. The fourth-order valence-electron chi connectivity index (χ4n) is 3.07. The van der Waals surface area contributed by atoms with Crippen LogP contribution in [0, 0.1) is 0 Å². The van der Waals surface area contributed by atoms with E-state index in [1.165, 1.54) is 10.6 Å². The lowest BCUT2D eigenvalue weighted by Crippen LogP contribution is -2.25. The maximum atomic E-state index is 13.0. The van der Waals surface area contributed by atoms with Gasteiger partial charge >= 0.3 is 6.18 Å². The van der Waals surface area contributed by atoms with E-state index in [1.54, 1.807) is 24.3 Å². The van der Waals surface area contributed by atoms with Gasteiger partial charge < -0.3 is 10.1 Å². The minimum absolute atomic E-state index is 0.0297. The number of amides is 1. The molecule has 1 aromatic heterocycles. The number of hydrogen-bond donors (Lipinski definition) is 1. The van der Waals surface area contributed by atoms with Gasteiger partial charge in [0, 0.05) is 25.4 Å². The second-order valence-electron chi connectivity index (χ2n) is 6.95. The van der Waals surface area contributed by atoms with E-state index in [0.717, 1.165) is 23.9 Å². The molecule has 11 heteroatoms. The summed E-state index contributed by atoms with van der Waals surface area (Å²) < 4.78 is 46.0. The number of benzene rings is 2. The molecule has 1 N–H and O–H groups in total. The summed E-state index contributed by atoms with van der Waals surface area (Å²) >= 11 is 6.64. The first-order chi connectivity index (χ1) is 15.7. The van der Waals surface area contributed by atoms with Gasteiger partial charge in [-0.3, -0.25) is 14.2 Å². The zero-order valence-electron chi connectivity index (χ0n) is 17.6. The second-order valence-corrected chi connectivity index (χ2v) is 8.30. The molecule has 3 aromatic rings. The van der Waals surface area contributed by atoms with E-state index >= 15 is 0 Å². The van der Waals surface area contributed by atoms with Crippen molar-refractivity contribution in [1.82, 2.24) is 9.55 Å². The molecule has 0 aliphatic heterocycles. The van der Waals surface area contributed by atoms with E-state index in [1.807, 2.05) is 6.92 Å². The summed E-state index contributed by atoms with van der Waals surface area (Å²) in [5.74, 6) is -0.695. The molecule has 6 nitrogen and oxygen atoms in total. The van der Waals surface area contributed by atoms with Crippen LogP contribution in [0.5, 0.6) is 0 Å². The Kier molecular flexibility index (Phi) is 8.39. The van der Waals surface area contributed by atoms with Crippen molar-refractivity contribution in [1.29, 1.82) is 0 Å². The molecule has 0 unspecified atom stereocenters. The zero-order valence-corrected chi connectivity index (χ0v) is 19.2. The Morgan fingerprint density at radius 1 is 1.24 bits per heavy atom. The molecule has 0 bridgehead atoms. The summed E-state index contributed by atoms with van der Waals surface area (Å²) in [4.78, 5) is 29.9. The van der Waals surface area contributed by atoms with E-state index in [-0.39, 0.29) is 17.0 Å². The van der Waals surface area contributed by atoms with Crippen molar-refractivity contribution in [2.45, 2.75) is 31.2 Å². The number of para-hydroxylation sites is 1. The average Bonchev–Trinajstić information content (AvgIpc) is 2.77. The number of nitrogens with one attached hydrogen (secondary N) is 1. The minimum atomic E-state index is -4.64. The van der Waals surface area contributed by atoms with Crippen LogP contribution in [-0.4, -0.2) is 34.4 Å². The molecular formula is C22H21ClF3N3O3S. The lowest BCUT2D eigenvalue weighted by molar-refractivity contribution is -0.137. The number of aromatic nitrogens is 2. The molecule has 3 rings (SSSR count). The van der Waals surface area contributed by atoms with Crippen molar-refractivity contribution in [2.75, 3.05) is 24.3 Å². The van der Waals surface area contributed by atoms with Crippen molar-refractivity contribution in [3.05, 3.63) is 63.4 Å². The number of fused-ring (bicyclic) bond motifs is 1. The van der Waals surface area contributed by atoms with Crippen LogP contribution in [0.15, 0.2) is 52.4 Å². The van der Waals surface area contributed by atoms with E-state index in [0.29, 0.717) is 42.2 Å². The Morgan fingerprint density at radius 3 is 2.73 bits per heavy atom. The maximum absolute atomic E-state index is 13.0. The lowest BCUT2D eigenvalue weighted by atomic mass is 10.2. The highest BCUT2D eigenvalue weighted by atomic mass is 35.5. The van der Waals surface area contributed by atoms with Gasteiger partial charge in [0.2, 0.25) is 5.91 Å². The third kappa shape index (κ3) is 6.49. The number of halogens is 4. The second kappa shape index (κ2) is 11.0. The topological polar surface area (TPSA) is 73.2 Å². The predicted molar refractivity (Wildman–Crippen MR) is 123 cm³/mol. The zero-order chi connectivity index (χ0) is 24.0. The van der Waals surface area contributed by atoms with Crippen LogP contribution in [0.4, 0.5) is 18.9 Å². The molecule has 2 aromatic carbocycles. The van der Waals surface area contributed by atoms with E-state index in [9.17, 15) is 22.8 Å². The third-order valence-corrected chi connectivity index (χ3v) is 5.89. The normalized spacial score (nSPS) is 11.7. The Labute approximate surface area is 197 Å². The van der Waals surface area contributed by atoms with Gasteiger partial charge in [0.25, 0.3) is 5.56 Å². The molecule has 0 saturated carbocycles. The van der Waals surface area contributed by atoms with Gasteiger partial charge in [-0.1, -0.05) is 35.5 Å². The molecule has 0 aliphatic carbocycles. The highest BCUT2D eigenvalue weighted by Gasteiger charge is 2.33. The van der Waals surface area contributed by atoms with Crippen LogP contribution in [0.25, 0.3) is 10.9 Å². The van der Waals surface area contributed by atoms with E-state index < -0.39 is 22.7 Å².